The van der Waals surface area contributed by atoms with Crippen molar-refractivity contribution in [2.45, 2.75) is 31.5 Å². The first kappa shape index (κ1) is 11.5. The number of hydrogen-bond acceptors (Lipinski definition) is 4. The summed E-state index contributed by atoms with van der Waals surface area (Å²) in [5.74, 6) is -0.858. The lowest BCUT2D eigenvalue weighted by Crippen LogP contribution is -2.18. The monoisotopic (exact) mass is 199 g/mol. The quantitative estimate of drug-likeness (QED) is 0.361. The Morgan fingerprint density at radius 3 is 2.55 bits per heavy atom. The zero-order chi connectivity index (χ0) is 9.07. The van der Waals surface area contributed by atoms with Crippen LogP contribution in [0.5, 0.6) is 0 Å². The van der Waals surface area contributed by atoms with Crippen LogP contribution in [-0.2, 0) is 9.09 Å². The van der Waals surface area contributed by atoms with Gasteiger partial charge in [0, 0.05) is 0 Å². The normalized spacial score (nSPS) is 22.3. The van der Waals surface area contributed by atoms with Crippen LogP contribution in [0.15, 0.2) is 0 Å². The molecular weight excluding hydrogens is 185 g/mol. The van der Waals surface area contributed by atoms with Gasteiger partial charge in [0.1, 0.15) is 11.2 Å². The van der Waals surface area contributed by atoms with Crippen LogP contribution in [0.1, 0.15) is 20.3 Å². The largest absolute Gasteiger partial charge is 0.345 e. The summed E-state index contributed by atoms with van der Waals surface area (Å²) in [4.78, 5) is 9.05. The molecule has 0 amide bonds. The van der Waals surface area contributed by atoms with Gasteiger partial charge < -0.3 is 10.6 Å². The van der Waals surface area contributed by atoms with Gasteiger partial charge >= 0.3 is 7.60 Å². The molecule has 0 bridgehead atoms. The molecule has 0 spiro atoms. The van der Waals surface area contributed by atoms with Crippen LogP contribution in [0.25, 0.3) is 0 Å². The third kappa shape index (κ3) is 4.13. The van der Waals surface area contributed by atoms with Crippen molar-refractivity contribution < 1.29 is 14.0 Å². The second-order valence-corrected chi connectivity index (χ2v) is 5.00. The molecule has 4 nitrogen and oxygen atoms in total. The standard InChI is InChI=1S/C5H14NO3PS/c1-3-5(11)9-10(7,8)4(2)6/h4-5,11H,3,6H2,1-2H3,(H,7,8). The molecule has 0 aliphatic carbocycles. The first-order valence-electron chi connectivity index (χ1n) is 3.34. The fraction of sp³-hybridized carbons (Fsp3) is 1.00. The van der Waals surface area contributed by atoms with Gasteiger partial charge in [-0.25, -0.2) is 0 Å². The number of nitrogens with two attached hydrogens (primary N) is 1. The Morgan fingerprint density at radius 1 is 1.82 bits per heavy atom. The second kappa shape index (κ2) is 4.48. The highest BCUT2D eigenvalue weighted by Gasteiger charge is 2.27. The number of rotatable bonds is 4. The molecule has 0 saturated carbocycles. The molecule has 0 aromatic rings. The molecule has 11 heavy (non-hydrogen) atoms. The van der Waals surface area contributed by atoms with E-state index in [1.165, 1.54) is 6.92 Å². The zero-order valence-electron chi connectivity index (χ0n) is 6.60. The molecule has 0 aliphatic heterocycles. The fourth-order valence-electron chi connectivity index (χ4n) is 0.345. The van der Waals surface area contributed by atoms with Crippen LogP contribution in [0, 0.1) is 0 Å². The van der Waals surface area contributed by atoms with Crippen molar-refractivity contribution in [3.8, 4) is 0 Å². The maximum atomic E-state index is 11.0. The molecule has 0 heterocycles. The Bertz CT molecular complexity index is 164. The summed E-state index contributed by atoms with van der Waals surface area (Å²) in [7, 11) is -3.64. The first-order chi connectivity index (χ1) is 4.90. The van der Waals surface area contributed by atoms with E-state index in [4.69, 9.17) is 15.2 Å². The van der Waals surface area contributed by atoms with E-state index in [9.17, 15) is 4.57 Å². The summed E-state index contributed by atoms with van der Waals surface area (Å²) in [5, 5.41) is 0. The van der Waals surface area contributed by atoms with Gasteiger partial charge in [-0.05, 0) is 13.3 Å². The number of thiol groups is 1. The topological polar surface area (TPSA) is 72.5 Å². The molecule has 0 aromatic heterocycles. The van der Waals surface area contributed by atoms with Gasteiger partial charge in [0.25, 0.3) is 0 Å². The molecule has 0 fully saturated rings. The molecule has 0 saturated heterocycles. The Kier molecular flexibility index (Phi) is 4.66. The van der Waals surface area contributed by atoms with Gasteiger partial charge in [-0.3, -0.25) is 9.09 Å². The van der Waals surface area contributed by atoms with Crippen molar-refractivity contribution in [2.75, 3.05) is 0 Å². The van der Waals surface area contributed by atoms with Crippen molar-refractivity contribution >= 4 is 20.2 Å². The van der Waals surface area contributed by atoms with E-state index in [-0.39, 0.29) is 0 Å². The van der Waals surface area contributed by atoms with Gasteiger partial charge in [-0.2, -0.15) is 0 Å². The highest BCUT2D eigenvalue weighted by Crippen LogP contribution is 2.46. The van der Waals surface area contributed by atoms with Crippen LogP contribution < -0.4 is 5.73 Å². The SMILES string of the molecule is CCC(S)OP(=O)(O)C(C)N. The van der Waals surface area contributed by atoms with Crippen molar-refractivity contribution in [2.24, 2.45) is 5.73 Å². The molecule has 0 rings (SSSR count). The molecule has 0 aliphatic rings. The van der Waals surface area contributed by atoms with Gasteiger partial charge in [0.05, 0.1) is 0 Å². The lowest BCUT2D eigenvalue weighted by molar-refractivity contribution is 0.231. The highest BCUT2D eigenvalue weighted by molar-refractivity contribution is 7.81. The van der Waals surface area contributed by atoms with Crippen molar-refractivity contribution in [1.29, 1.82) is 0 Å². The molecule has 6 heteroatoms. The van der Waals surface area contributed by atoms with Gasteiger partial charge in [-0.15, -0.1) is 12.6 Å². The molecule has 0 aromatic carbocycles. The lowest BCUT2D eigenvalue weighted by atomic mass is 10.5. The Morgan fingerprint density at radius 2 is 2.27 bits per heavy atom. The molecule has 3 unspecified atom stereocenters. The van der Waals surface area contributed by atoms with Crippen LogP contribution in [0.4, 0.5) is 0 Å². The third-order valence-corrected chi connectivity index (χ3v) is 3.36. The van der Waals surface area contributed by atoms with E-state index in [0.29, 0.717) is 6.42 Å². The predicted molar refractivity (Wildman–Crippen MR) is 47.6 cm³/mol. The van der Waals surface area contributed by atoms with Crippen LogP contribution >= 0.6 is 20.2 Å². The highest BCUT2D eigenvalue weighted by atomic mass is 32.1. The van der Waals surface area contributed by atoms with Crippen LogP contribution in [-0.4, -0.2) is 16.1 Å². The molecule has 68 valence electrons. The van der Waals surface area contributed by atoms with Crippen molar-refractivity contribution in [3.63, 3.8) is 0 Å². The van der Waals surface area contributed by atoms with Crippen molar-refractivity contribution in [3.05, 3.63) is 0 Å². The Hall–Kier alpha value is 0.460. The summed E-state index contributed by atoms with van der Waals surface area (Å²) < 4.78 is 15.7. The third-order valence-electron chi connectivity index (χ3n) is 1.14. The summed E-state index contributed by atoms with van der Waals surface area (Å²) in [6.07, 6.45) is 0.570. The van der Waals surface area contributed by atoms with Crippen molar-refractivity contribution in [1.82, 2.24) is 0 Å². The average Bonchev–Trinajstić information content (AvgIpc) is 1.86. The zero-order valence-corrected chi connectivity index (χ0v) is 8.39. The maximum absolute atomic E-state index is 11.0. The van der Waals surface area contributed by atoms with E-state index in [0.717, 1.165) is 0 Å². The molecular formula is C5H14NO3PS. The van der Waals surface area contributed by atoms with Gasteiger partial charge in [0.2, 0.25) is 0 Å². The van der Waals surface area contributed by atoms with Gasteiger partial charge in [-0.1, -0.05) is 6.92 Å². The minimum absolute atomic E-state index is 0.517. The van der Waals surface area contributed by atoms with Gasteiger partial charge in [0.15, 0.2) is 0 Å². The van der Waals surface area contributed by atoms with Crippen LogP contribution in [0.2, 0.25) is 0 Å². The summed E-state index contributed by atoms with van der Waals surface area (Å²) >= 11 is 3.91. The lowest BCUT2D eigenvalue weighted by Gasteiger charge is -2.18. The van der Waals surface area contributed by atoms with E-state index < -0.39 is 18.8 Å². The van der Waals surface area contributed by atoms with E-state index in [2.05, 4.69) is 12.6 Å². The number of hydrogen-bond donors (Lipinski definition) is 3. The van der Waals surface area contributed by atoms with Crippen LogP contribution in [0.3, 0.4) is 0 Å². The minimum atomic E-state index is -3.64. The molecule has 3 atom stereocenters. The van der Waals surface area contributed by atoms with E-state index >= 15 is 0 Å². The minimum Gasteiger partial charge on any atom is -0.323 e. The Labute approximate surface area is 72.1 Å². The summed E-state index contributed by atoms with van der Waals surface area (Å²) in [6.45, 7) is 3.23. The molecule has 0 radical (unpaired) electrons. The predicted octanol–water partition coefficient (Wildman–Crippen LogP) is 1.16. The summed E-state index contributed by atoms with van der Waals surface area (Å²) in [5.41, 5.74) is 4.68. The average molecular weight is 199 g/mol. The summed E-state index contributed by atoms with van der Waals surface area (Å²) in [6, 6.07) is 0. The Balaban J connectivity index is 4.02. The second-order valence-electron chi connectivity index (χ2n) is 2.27. The molecule has 3 N–H and O–H groups in total. The maximum Gasteiger partial charge on any atom is 0.345 e. The van der Waals surface area contributed by atoms with E-state index in [1.54, 1.807) is 6.92 Å². The fourth-order valence-corrected chi connectivity index (χ4v) is 1.44. The smallest absolute Gasteiger partial charge is 0.323 e. The van der Waals surface area contributed by atoms with E-state index in [1.807, 2.05) is 0 Å². The first-order valence-corrected chi connectivity index (χ1v) is 5.51.